The second kappa shape index (κ2) is 6.99. The second-order valence-corrected chi connectivity index (χ2v) is 7.15. The van der Waals surface area contributed by atoms with Gasteiger partial charge in [-0.2, -0.15) is 0 Å². The van der Waals surface area contributed by atoms with E-state index in [0.717, 1.165) is 24.0 Å². The van der Waals surface area contributed by atoms with Crippen molar-refractivity contribution in [1.29, 1.82) is 0 Å². The molecule has 138 valence electrons. The van der Waals surface area contributed by atoms with E-state index in [9.17, 15) is 14.4 Å². The van der Waals surface area contributed by atoms with Gasteiger partial charge in [0.1, 0.15) is 0 Å². The lowest BCUT2D eigenvalue weighted by atomic mass is 10.0. The Kier molecular flexibility index (Phi) is 4.52. The van der Waals surface area contributed by atoms with Gasteiger partial charge in [-0.25, -0.2) is 0 Å². The second-order valence-electron chi connectivity index (χ2n) is 7.15. The number of hydrogen-bond donors (Lipinski definition) is 1. The van der Waals surface area contributed by atoms with Crippen LogP contribution in [-0.2, 0) is 4.79 Å². The van der Waals surface area contributed by atoms with E-state index in [2.05, 4.69) is 5.32 Å². The molecular weight excluding hydrogens is 340 g/mol. The van der Waals surface area contributed by atoms with Gasteiger partial charge in [-0.1, -0.05) is 37.3 Å². The van der Waals surface area contributed by atoms with E-state index in [0.29, 0.717) is 36.2 Å². The fourth-order valence-corrected chi connectivity index (χ4v) is 3.95. The standard InChI is InChI=1S/C22H22N2O3/c1-2-20(25)23-15-6-5-11-24(13-15)22(27)14-9-10-17-16-7-3-4-8-18(16)21(26)19(17)12-14/h3-4,7-10,12,15H,2,5-6,11,13H2,1H3,(H,23,25). The Balaban J connectivity index is 1.55. The van der Waals surface area contributed by atoms with Crippen LogP contribution in [0, 0.1) is 0 Å². The fourth-order valence-electron chi connectivity index (χ4n) is 3.95. The van der Waals surface area contributed by atoms with Crippen molar-refractivity contribution < 1.29 is 14.4 Å². The predicted octanol–water partition coefficient (Wildman–Crippen LogP) is 3.03. The minimum absolute atomic E-state index is 0.00420. The minimum Gasteiger partial charge on any atom is -0.352 e. The summed E-state index contributed by atoms with van der Waals surface area (Å²) < 4.78 is 0. The van der Waals surface area contributed by atoms with Gasteiger partial charge in [0.25, 0.3) is 5.91 Å². The molecule has 5 nitrogen and oxygen atoms in total. The molecule has 2 aromatic carbocycles. The maximum Gasteiger partial charge on any atom is 0.253 e. The molecule has 1 aliphatic heterocycles. The van der Waals surface area contributed by atoms with E-state index in [-0.39, 0.29) is 23.6 Å². The van der Waals surface area contributed by atoms with Crippen LogP contribution in [0.3, 0.4) is 0 Å². The Bertz CT molecular complexity index is 935. The predicted molar refractivity (Wildman–Crippen MR) is 103 cm³/mol. The largest absolute Gasteiger partial charge is 0.352 e. The molecule has 0 aromatic heterocycles. The van der Waals surface area contributed by atoms with Crippen LogP contribution in [0.5, 0.6) is 0 Å². The van der Waals surface area contributed by atoms with Gasteiger partial charge < -0.3 is 10.2 Å². The van der Waals surface area contributed by atoms with E-state index in [4.69, 9.17) is 0 Å². The summed E-state index contributed by atoms with van der Waals surface area (Å²) in [4.78, 5) is 39.1. The zero-order valence-corrected chi connectivity index (χ0v) is 15.3. The summed E-state index contributed by atoms with van der Waals surface area (Å²) >= 11 is 0. The topological polar surface area (TPSA) is 66.5 Å². The molecule has 0 saturated carbocycles. The number of piperidine rings is 1. The van der Waals surface area contributed by atoms with E-state index >= 15 is 0 Å². The van der Waals surface area contributed by atoms with Crippen molar-refractivity contribution in [2.24, 2.45) is 0 Å². The molecule has 2 amide bonds. The first-order chi connectivity index (χ1) is 13.1. The number of fused-ring (bicyclic) bond motifs is 3. The summed E-state index contributed by atoms with van der Waals surface area (Å²) in [6, 6.07) is 12.9. The maximum absolute atomic E-state index is 13.0. The van der Waals surface area contributed by atoms with E-state index in [1.807, 2.05) is 37.3 Å². The normalized spacial score (nSPS) is 18.0. The van der Waals surface area contributed by atoms with Crippen LogP contribution < -0.4 is 5.32 Å². The highest BCUT2D eigenvalue weighted by Gasteiger charge is 2.29. The quantitative estimate of drug-likeness (QED) is 0.779. The highest BCUT2D eigenvalue weighted by molar-refractivity contribution is 6.22. The molecule has 0 bridgehead atoms. The first-order valence-corrected chi connectivity index (χ1v) is 9.45. The highest BCUT2D eigenvalue weighted by atomic mass is 16.2. The molecule has 1 fully saturated rings. The Morgan fingerprint density at radius 2 is 1.81 bits per heavy atom. The number of nitrogens with zero attached hydrogens (tertiary/aromatic N) is 1. The maximum atomic E-state index is 13.0. The summed E-state index contributed by atoms with van der Waals surface area (Å²) in [6.07, 6.45) is 2.18. The number of nitrogens with one attached hydrogen (secondary N) is 1. The molecule has 0 radical (unpaired) electrons. The summed E-state index contributed by atoms with van der Waals surface area (Å²) in [6.45, 7) is 3.00. The van der Waals surface area contributed by atoms with Crippen LogP contribution in [0.4, 0.5) is 0 Å². The fraction of sp³-hybridized carbons (Fsp3) is 0.318. The number of carbonyl (C=O) groups is 3. The average Bonchev–Trinajstić information content (AvgIpc) is 2.99. The molecule has 1 atom stereocenters. The summed E-state index contributed by atoms with van der Waals surface area (Å²) in [7, 11) is 0. The molecule has 1 heterocycles. The molecule has 0 spiro atoms. The number of amides is 2. The Morgan fingerprint density at radius 3 is 2.59 bits per heavy atom. The van der Waals surface area contributed by atoms with Crippen molar-refractivity contribution >= 4 is 17.6 Å². The number of hydrogen-bond acceptors (Lipinski definition) is 3. The summed E-state index contributed by atoms with van der Waals surface area (Å²) in [5, 5.41) is 2.98. The van der Waals surface area contributed by atoms with Gasteiger partial charge in [-0.05, 0) is 36.1 Å². The number of likely N-dealkylation sites (tertiary alicyclic amines) is 1. The van der Waals surface area contributed by atoms with Gasteiger partial charge in [0.05, 0.1) is 0 Å². The van der Waals surface area contributed by atoms with Crippen LogP contribution in [0.25, 0.3) is 11.1 Å². The first kappa shape index (κ1) is 17.5. The summed E-state index contributed by atoms with van der Waals surface area (Å²) in [5.41, 5.74) is 3.63. The number of rotatable bonds is 3. The van der Waals surface area contributed by atoms with Crippen LogP contribution in [0.2, 0.25) is 0 Å². The number of ketones is 1. The van der Waals surface area contributed by atoms with E-state index < -0.39 is 0 Å². The molecule has 5 heteroatoms. The molecule has 1 aliphatic carbocycles. The van der Waals surface area contributed by atoms with Gasteiger partial charge in [-0.15, -0.1) is 0 Å². The third-order valence-electron chi connectivity index (χ3n) is 5.37. The Labute approximate surface area is 158 Å². The molecule has 1 unspecified atom stereocenters. The molecule has 2 aliphatic rings. The van der Waals surface area contributed by atoms with Crippen LogP contribution >= 0.6 is 0 Å². The lowest BCUT2D eigenvalue weighted by Gasteiger charge is -2.33. The highest BCUT2D eigenvalue weighted by Crippen LogP contribution is 2.36. The van der Waals surface area contributed by atoms with Crippen molar-refractivity contribution in [2.45, 2.75) is 32.2 Å². The van der Waals surface area contributed by atoms with Crippen molar-refractivity contribution in [3.63, 3.8) is 0 Å². The smallest absolute Gasteiger partial charge is 0.253 e. The van der Waals surface area contributed by atoms with E-state index in [1.165, 1.54) is 0 Å². The third-order valence-corrected chi connectivity index (χ3v) is 5.37. The number of carbonyl (C=O) groups excluding carboxylic acids is 3. The van der Waals surface area contributed by atoms with Gasteiger partial charge in [0, 0.05) is 42.2 Å². The van der Waals surface area contributed by atoms with Crippen molar-refractivity contribution in [2.75, 3.05) is 13.1 Å². The molecular formula is C22H22N2O3. The lowest BCUT2D eigenvalue weighted by molar-refractivity contribution is -0.121. The van der Waals surface area contributed by atoms with Gasteiger partial charge in [0.2, 0.25) is 5.91 Å². The van der Waals surface area contributed by atoms with Gasteiger partial charge in [0.15, 0.2) is 5.78 Å². The van der Waals surface area contributed by atoms with Crippen molar-refractivity contribution in [3.05, 3.63) is 59.2 Å². The van der Waals surface area contributed by atoms with Crippen molar-refractivity contribution in [3.8, 4) is 11.1 Å². The SMILES string of the molecule is CCC(=O)NC1CCCN(C(=O)c2ccc3c(c2)C(=O)c2ccccc2-3)C1. The molecule has 4 rings (SSSR count). The van der Waals surface area contributed by atoms with Crippen LogP contribution in [0.15, 0.2) is 42.5 Å². The van der Waals surface area contributed by atoms with E-state index in [1.54, 1.807) is 17.0 Å². The van der Waals surface area contributed by atoms with Crippen LogP contribution in [-0.4, -0.2) is 41.6 Å². The Hall–Kier alpha value is -2.95. The molecule has 1 N–H and O–H groups in total. The van der Waals surface area contributed by atoms with Crippen molar-refractivity contribution in [1.82, 2.24) is 10.2 Å². The Morgan fingerprint density at radius 1 is 1.07 bits per heavy atom. The van der Waals surface area contributed by atoms with Gasteiger partial charge in [-0.3, -0.25) is 14.4 Å². The molecule has 2 aromatic rings. The van der Waals surface area contributed by atoms with Crippen LogP contribution in [0.1, 0.15) is 52.5 Å². The molecule has 1 saturated heterocycles. The average molecular weight is 362 g/mol. The zero-order valence-electron chi connectivity index (χ0n) is 15.3. The zero-order chi connectivity index (χ0) is 19.0. The first-order valence-electron chi connectivity index (χ1n) is 9.45. The monoisotopic (exact) mass is 362 g/mol. The molecule has 27 heavy (non-hydrogen) atoms. The third kappa shape index (κ3) is 3.14. The summed E-state index contributed by atoms with van der Waals surface area (Å²) in [5.74, 6) is -0.103. The minimum atomic E-state index is -0.0861. The van der Waals surface area contributed by atoms with Gasteiger partial charge >= 0.3 is 0 Å². The number of benzene rings is 2. The lowest BCUT2D eigenvalue weighted by Crippen LogP contribution is -2.49.